The van der Waals surface area contributed by atoms with Gasteiger partial charge in [0.05, 0.1) is 11.1 Å². The maximum atomic E-state index is 12.5. The van der Waals surface area contributed by atoms with Crippen LogP contribution in [0.5, 0.6) is 0 Å². The van der Waals surface area contributed by atoms with Crippen LogP contribution >= 0.6 is 0 Å². The van der Waals surface area contributed by atoms with Gasteiger partial charge in [-0.05, 0) is 38.8 Å². The third kappa shape index (κ3) is 2.89. The van der Waals surface area contributed by atoms with E-state index in [1.54, 1.807) is 58.9 Å². The van der Waals surface area contributed by atoms with Gasteiger partial charge in [-0.15, -0.1) is 0 Å². The Labute approximate surface area is 130 Å². The normalized spacial score (nSPS) is 16.0. The first-order chi connectivity index (χ1) is 10.1. The van der Waals surface area contributed by atoms with E-state index in [9.17, 15) is 14.4 Å². The lowest BCUT2D eigenvalue weighted by Crippen LogP contribution is -2.50. The predicted octanol–water partition coefficient (Wildman–Crippen LogP) is 2.65. The molecule has 2 amide bonds. The van der Waals surface area contributed by atoms with Crippen molar-refractivity contribution in [2.24, 2.45) is 5.92 Å². The molecule has 1 aromatic rings. The first-order valence-corrected chi connectivity index (χ1v) is 7.33. The van der Waals surface area contributed by atoms with Gasteiger partial charge in [0.15, 0.2) is 0 Å². The molecular weight excluding hydrogens is 282 g/mol. The van der Waals surface area contributed by atoms with Gasteiger partial charge in [-0.3, -0.25) is 14.5 Å². The maximum Gasteiger partial charge on any atom is 0.330 e. The predicted molar refractivity (Wildman–Crippen MR) is 81.4 cm³/mol. The third-order valence-electron chi connectivity index (χ3n) is 3.38. The van der Waals surface area contributed by atoms with Gasteiger partial charge in [0.2, 0.25) is 0 Å². The lowest BCUT2D eigenvalue weighted by molar-refractivity contribution is -0.161. The summed E-state index contributed by atoms with van der Waals surface area (Å²) in [6.07, 6.45) is 0. The smallest absolute Gasteiger partial charge is 0.330 e. The van der Waals surface area contributed by atoms with Gasteiger partial charge in [-0.25, -0.2) is 4.79 Å². The van der Waals surface area contributed by atoms with Crippen molar-refractivity contribution in [3.8, 4) is 0 Å². The van der Waals surface area contributed by atoms with Gasteiger partial charge in [0.1, 0.15) is 11.6 Å². The van der Waals surface area contributed by atoms with Crippen molar-refractivity contribution in [1.82, 2.24) is 4.90 Å². The van der Waals surface area contributed by atoms with Crippen LogP contribution in [-0.2, 0) is 9.53 Å². The highest BCUT2D eigenvalue weighted by molar-refractivity contribution is 6.22. The molecule has 2 rings (SSSR count). The van der Waals surface area contributed by atoms with Gasteiger partial charge < -0.3 is 4.74 Å². The van der Waals surface area contributed by atoms with Crippen LogP contribution in [0.3, 0.4) is 0 Å². The Morgan fingerprint density at radius 2 is 1.50 bits per heavy atom. The second kappa shape index (κ2) is 5.55. The molecule has 118 valence electrons. The van der Waals surface area contributed by atoms with E-state index in [4.69, 9.17) is 4.74 Å². The largest absolute Gasteiger partial charge is 0.458 e. The summed E-state index contributed by atoms with van der Waals surface area (Å²) in [5.41, 5.74) is -0.00785. The number of carbonyl (C=O) groups excluding carboxylic acids is 3. The Morgan fingerprint density at radius 1 is 1.05 bits per heavy atom. The van der Waals surface area contributed by atoms with Crippen LogP contribution in [0.1, 0.15) is 55.3 Å². The quantitative estimate of drug-likeness (QED) is 0.636. The van der Waals surface area contributed by atoms with Gasteiger partial charge in [-0.1, -0.05) is 26.0 Å². The zero-order valence-electron chi connectivity index (χ0n) is 13.5. The second-order valence-corrected chi connectivity index (χ2v) is 6.75. The summed E-state index contributed by atoms with van der Waals surface area (Å²) in [6.45, 7) is 8.84. The highest BCUT2D eigenvalue weighted by Gasteiger charge is 2.45. The minimum absolute atomic E-state index is 0.239. The fourth-order valence-corrected chi connectivity index (χ4v) is 2.50. The molecule has 1 heterocycles. The Balaban J connectivity index is 2.38. The molecule has 5 heteroatoms. The average molecular weight is 303 g/mol. The van der Waals surface area contributed by atoms with Gasteiger partial charge >= 0.3 is 5.97 Å². The van der Waals surface area contributed by atoms with Gasteiger partial charge in [0, 0.05) is 0 Å². The molecule has 5 nitrogen and oxygen atoms in total. The molecule has 0 aromatic heterocycles. The summed E-state index contributed by atoms with van der Waals surface area (Å²) in [7, 11) is 0. The molecule has 1 aliphatic heterocycles. The molecule has 0 radical (unpaired) electrons. The maximum absolute atomic E-state index is 12.5. The number of carbonyl (C=O) groups is 3. The van der Waals surface area contributed by atoms with Crippen LogP contribution in [0.4, 0.5) is 0 Å². The van der Waals surface area contributed by atoms with E-state index in [0.717, 1.165) is 4.90 Å². The van der Waals surface area contributed by atoms with Crippen molar-refractivity contribution >= 4 is 17.8 Å². The molecule has 0 aliphatic carbocycles. The summed E-state index contributed by atoms with van der Waals surface area (Å²) >= 11 is 0. The lowest BCUT2D eigenvalue weighted by atomic mass is 10.0. The van der Waals surface area contributed by atoms with E-state index in [-0.39, 0.29) is 5.92 Å². The Morgan fingerprint density at radius 3 is 1.86 bits per heavy atom. The number of ether oxygens (including phenoxy) is 1. The van der Waals surface area contributed by atoms with Crippen molar-refractivity contribution in [1.29, 1.82) is 0 Å². The number of hydrogen-bond donors (Lipinski definition) is 0. The van der Waals surface area contributed by atoms with Crippen LogP contribution in [0, 0.1) is 5.92 Å². The molecule has 1 aliphatic rings. The molecule has 0 unspecified atom stereocenters. The van der Waals surface area contributed by atoms with Crippen molar-refractivity contribution in [3.63, 3.8) is 0 Å². The number of hydrogen-bond acceptors (Lipinski definition) is 4. The first-order valence-electron chi connectivity index (χ1n) is 7.33. The average Bonchev–Trinajstić information content (AvgIpc) is 2.62. The molecule has 1 atom stereocenters. The van der Waals surface area contributed by atoms with Crippen LogP contribution in [0.25, 0.3) is 0 Å². The molecule has 0 N–H and O–H groups in total. The number of amides is 2. The van der Waals surface area contributed by atoms with Crippen LogP contribution in [0.2, 0.25) is 0 Å². The van der Waals surface area contributed by atoms with Crippen LogP contribution < -0.4 is 0 Å². The Bertz CT molecular complexity index is 593. The standard InChI is InChI=1S/C17H21NO4/c1-10(2)13(16(21)22-17(3,4)5)18-14(19)11-8-6-7-9-12(11)15(18)20/h6-10,13H,1-5H3/t13-/m0/s1. The third-order valence-corrected chi connectivity index (χ3v) is 3.38. The zero-order chi connectivity index (χ0) is 16.7. The number of nitrogens with zero attached hydrogens (tertiary/aromatic N) is 1. The molecule has 1 aromatic carbocycles. The van der Waals surface area contributed by atoms with E-state index >= 15 is 0 Å². The highest BCUT2D eigenvalue weighted by Crippen LogP contribution is 2.28. The molecule has 0 spiro atoms. The number of fused-ring (bicyclic) bond motifs is 1. The minimum Gasteiger partial charge on any atom is -0.458 e. The van der Waals surface area contributed by atoms with E-state index in [2.05, 4.69) is 0 Å². The van der Waals surface area contributed by atoms with Crippen molar-refractivity contribution in [2.75, 3.05) is 0 Å². The molecule has 0 saturated carbocycles. The second-order valence-electron chi connectivity index (χ2n) is 6.75. The van der Waals surface area contributed by atoms with E-state index in [1.165, 1.54) is 0 Å². The van der Waals surface area contributed by atoms with Crippen LogP contribution in [0.15, 0.2) is 24.3 Å². The molecule has 0 fully saturated rings. The van der Waals surface area contributed by atoms with Crippen LogP contribution in [-0.4, -0.2) is 34.3 Å². The summed E-state index contributed by atoms with van der Waals surface area (Å²) in [4.78, 5) is 38.5. The van der Waals surface area contributed by atoms with Gasteiger partial charge in [0.25, 0.3) is 11.8 Å². The number of imide groups is 1. The molecule has 22 heavy (non-hydrogen) atoms. The number of esters is 1. The van der Waals surface area contributed by atoms with Crippen molar-refractivity contribution < 1.29 is 19.1 Å². The van der Waals surface area contributed by atoms with Gasteiger partial charge in [-0.2, -0.15) is 0 Å². The Hall–Kier alpha value is -2.17. The summed E-state index contributed by atoms with van der Waals surface area (Å²) in [5.74, 6) is -1.68. The number of benzene rings is 1. The first kappa shape index (κ1) is 16.2. The summed E-state index contributed by atoms with van der Waals surface area (Å²) in [6, 6.07) is 5.67. The molecular formula is C17H21NO4. The molecule has 0 bridgehead atoms. The highest BCUT2D eigenvalue weighted by atomic mass is 16.6. The lowest BCUT2D eigenvalue weighted by Gasteiger charge is -2.30. The topological polar surface area (TPSA) is 63.7 Å². The van der Waals surface area contributed by atoms with E-state index in [0.29, 0.717) is 11.1 Å². The fraction of sp³-hybridized carbons (Fsp3) is 0.471. The Kier molecular flexibility index (Phi) is 4.09. The fourth-order valence-electron chi connectivity index (χ4n) is 2.50. The van der Waals surface area contributed by atoms with E-state index in [1.807, 2.05) is 0 Å². The van der Waals surface area contributed by atoms with Crippen molar-refractivity contribution in [2.45, 2.75) is 46.3 Å². The molecule has 0 saturated heterocycles. The minimum atomic E-state index is -0.924. The monoisotopic (exact) mass is 303 g/mol. The number of rotatable bonds is 3. The summed E-state index contributed by atoms with van der Waals surface area (Å²) in [5, 5.41) is 0. The van der Waals surface area contributed by atoms with Crippen molar-refractivity contribution in [3.05, 3.63) is 35.4 Å². The SMILES string of the molecule is CC(C)[C@@H](C(=O)OC(C)(C)C)N1C(=O)c2ccccc2C1=O. The zero-order valence-corrected chi connectivity index (χ0v) is 13.5. The summed E-state index contributed by atoms with van der Waals surface area (Å²) < 4.78 is 5.38. The van der Waals surface area contributed by atoms with E-state index < -0.39 is 29.4 Å².